The zero-order chi connectivity index (χ0) is 14.2. The molecule has 2 rings (SSSR count). The molecular weight excluding hydrogens is 347 g/mol. The van der Waals surface area contributed by atoms with Crippen molar-refractivity contribution in [3.63, 3.8) is 0 Å². The van der Waals surface area contributed by atoms with Gasteiger partial charge in [-0.3, -0.25) is 0 Å². The number of halogens is 6. The maximum absolute atomic E-state index is 13.6. The van der Waals surface area contributed by atoms with Gasteiger partial charge in [-0.25, -0.2) is 17.6 Å². The van der Waals surface area contributed by atoms with Crippen molar-refractivity contribution < 1.29 is 17.6 Å². The molecule has 6 heteroatoms. The van der Waals surface area contributed by atoms with Gasteiger partial charge >= 0.3 is 0 Å². The molecule has 0 amide bonds. The first-order valence-electron chi connectivity index (χ1n) is 5.13. The van der Waals surface area contributed by atoms with Crippen LogP contribution in [0.15, 0.2) is 34.8 Å². The summed E-state index contributed by atoms with van der Waals surface area (Å²) in [4.78, 5) is 0. The van der Waals surface area contributed by atoms with Crippen LogP contribution in [-0.2, 0) is 0 Å². The lowest BCUT2D eigenvalue weighted by Gasteiger charge is -2.13. The molecular formula is C13H6BrClF4. The Morgan fingerprint density at radius 1 is 0.895 bits per heavy atom. The molecule has 0 aliphatic heterocycles. The van der Waals surface area contributed by atoms with Crippen LogP contribution in [0, 0.1) is 23.3 Å². The van der Waals surface area contributed by atoms with E-state index in [9.17, 15) is 17.6 Å². The fourth-order valence-electron chi connectivity index (χ4n) is 1.66. The molecule has 0 bridgehead atoms. The predicted molar refractivity (Wildman–Crippen MR) is 68.1 cm³/mol. The fraction of sp³-hybridized carbons (Fsp3) is 0.0769. The molecule has 0 saturated heterocycles. The molecule has 0 radical (unpaired) electrons. The van der Waals surface area contributed by atoms with Gasteiger partial charge < -0.3 is 0 Å². The molecule has 0 heterocycles. The molecule has 0 saturated carbocycles. The zero-order valence-corrected chi connectivity index (χ0v) is 11.6. The summed E-state index contributed by atoms with van der Waals surface area (Å²) in [5, 5.41) is -1.39. The first kappa shape index (κ1) is 14.3. The third-order valence-corrected chi connectivity index (χ3v) is 3.47. The summed E-state index contributed by atoms with van der Waals surface area (Å²) in [6.07, 6.45) is 0. The summed E-state index contributed by atoms with van der Waals surface area (Å²) < 4.78 is 54.1. The Balaban J connectivity index is 2.56. The Hall–Kier alpha value is -1.07. The van der Waals surface area contributed by atoms with Crippen molar-refractivity contribution >= 4 is 27.5 Å². The van der Waals surface area contributed by atoms with Crippen molar-refractivity contribution in [2.45, 2.75) is 5.38 Å². The molecule has 2 aromatic rings. The van der Waals surface area contributed by atoms with Gasteiger partial charge in [-0.15, -0.1) is 11.6 Å². The molecule has 0 N–H and O–H groups in total. The lowest BCUT2D eigenvalue weighted by Crippen LogP contribution is -2.04. The van der Waals surface area contributed by atoms with E-state index in [1.807, 2.05) is 0 Å². The number of hydrogen-bond acceptors (Lipinski definition) is 0. The van der Waals surface area contributed by atoms with Gasteiger partial charge in [-0.2, -0.15) is 0 Å². The molecule has 0 aliphatic carbocycles. The Labute approximate surface area is 120 Å². The monoisotopic (exact) mass is 352 g/mol. The van der Waals surface area contributed by atoms with Crippen molar-refractivity contribution in [1.82, 2.24) is 0 Å². The summed E-state index contributed by atoms with van der Waals surface area (Å²) in [6, 6.07) is 4.87. The van der Waals surface area contributed by atoms with Gasteiger partial charge in [0.2, 0.25) is 0 Å². The molecule has 19 heavy (non-hydrogen) atoms. The van der Waals surface area contributed by atoms with Gasteiger partial charge in [0.1, 0.15) is 23.3 Å². The second kappa shape index (κ2) is 5.51. The zero-order valence-electron chi connectivity index (χ0n) is 9.23. The highest BCUT2D eigenvalue weighted by molar-refractivity contribution is 9.10. The second-order valence-electron chi connectivity index (χ2n) is 3.81. The lowest BCUT2D eigenvalue weighted by atomic mass is 10.0. The summed E-state index contributed by atoms with van der Waals surface area (Å²) >= 11 is 9.02. The highest BCUT2D eigenvalue weighted by Crippen LogP contribution is 2.35. The number of rotatable bonds is 2. The van der Waals surface area contributed by atoms with Crippen molar-refractivity contribution in [2.75, 3.05) is 0 Å². The molecule has 0 nitrogen and oxygen atoms in total. The maximum atomic E-state index is 13.6. The van der Waals surface area contributed by atoms with Gasteiger partial charge in [-0.05, 0) is 18.2 Å². The highest BCUT2D eigenvalue weighted by Gasteiger charge is 2.23. The average Bonchev–Trinajstić information content (AvgIpc) is 2.30. The first-order chi connectivity index (χ1) is 8.90. The number of alkyl halides is 1. The minimum atomic E-state index is -1.39. The molecule has 1 atom stereocenters. The summed E-state index contributed by atoms with van der Waals surface area (Å²) in [6.45, 7) is 0. The van der Waals surface area contributed by atoms with E-state index in [0.29, 0.717) is 16.6 Å². The number of hydrogen-bond donors (Lipinski definition) is 0. The average molecular weight is 354 g/mol. The Kier molecular flexibility index (Phi) is 4.16. The maximum Gasteiger partial charge on any atom is 0.134 e. The Morgan fingerprint density at radius 3 is 2.05 bits per heavy atom. The number of benzene rings is 2. The Bertz CT molecular complexity index is 607. The van der Waals surface area contributed by atoms with Gasteiger partial charge in [0.05, 0.1) is 5.38 Å². The molecule has 0 spiro atoms. The van der Waals surface area contributed by atoms with Crippen molar-refractivity contribution in [3.05, 3.63) is 69.2 Å². The molecule has 100 valence electrons. The molecule has 0 aromatic heterocycles. The second-order valence-corrected chi connectivity index (χ2v) is 5.16. The van der Waals surface area contributed by atoms with E-state index in [1.165, 1.54) is 12.1 Å². The lowest BCUT2D eigenvalue weighted by molar-refractivity contribution is 0.523. The summed E-state index contributed by atoms with van der Waals surface area (Å²) in [5.41, 5.74) is -0.680. The summed E-state index contributed by atoms with van der Waals surface area (Å²) in [5.74, 6) is -4.07. The fourth-order valence-corrected chi connectivity index (χ4v) is 2.41. The smallest absolute Gasteiger partial charge is 0.134 e. The van der Waals surface area contributed by atoms with Crippen LogP contribution in [-0.4, -0.2) is 0 Å². The standard InChI is InChI=1S/C13H6BrClF4/c14-6-1-2-9(17)8(3-6)13(15)12-10(18)4-7(16)5-11(12)19/h1-5,13H. The quantitative estimate of drug-likeness (QED) is 0.505. The largest absolute Gasteiger partial charge is 0.207 e. The van der Waals surface area contributed by atoms with E-state index in [0.717, 1.165) is 6.07 Å². The third-order valence-electron chi connectivity index (χ3n) is 2.53. The van der Waals surface area contributed by atoms with Gasteiger partial charge in [0.15, 0.2) is 0 Å². The van der Waals surface area contributed by atoms with Crippen LogP contribution in [0.5, 0.6) is 0 Å². The molecule has 1 unspecified atom stereocenters. The predicted octanol–water partition coefficient (Wildman–Crippen LogP) is 5.33. The van der Waals surface area contributed by atoms with E-state index in [2.05, 4.69) is 15.9 Å². The minimum absolute atomic E-state index is 0.0968. The van der Waals surface area contributed by atoms with Crippen molar-refractivity contribution in [2.24, 2.45) is 0 Å². The van der Waals surface area contributed by atoms with Gasteiger partial charge in [0, 0.05) is 27.7 Å². The SMILES string of the molecule is Fc1cc(F)c(C(Cl)c2cc(Br)ccc2F)c(F)c1. The van der Waals surface area contributed by atoms with Crippen LogP contribution in [0.1, 0.15) is 16.5 Å². The van der Waals surface area contributed by atoms with E-state index in [4.69, 9.17) is 11.6 Å². The van der Waals surface area contributed by atoms with E-state index >= 15 is 0 Å². The van der Waals surface area contributed by atoms with Gasteiger partial charge in [0.25, 0.3) is 0 Å². The van der Waals surface area contributed by atoms with Crippen LogP contribution >= 0.6 is 27.5 Å². The van der Waals surface area contributed by atoms with Crippen LogP contribution in [0.3, 0.4) is 0 Å². The van der Waals surface area contributed by atoms with Crippen LogP contribution in [0.4, 0.5) is 17.6 Å². The third kappa shape index (κ3) is 2.92. The highest BCUT2D eigenvalue weighted by atomic mass is 79.9. The van der Waals surface area contributed by atoms with Crippen LogP contribution in [0.25, 0.3) is 0 Å². The molecule has 0 fully saturated rings. The normalized spacial score (nSPS) is 12.5. The molecule has 2 aromatic carbocycles. The molecule has 0 aliphatic rings. The van der Waals surface area contributed by atoms with E-state index in [1.54, 1.807) is 0 Å². The Morgan fingerprint density at radius 2 is 1.47 bits per heavy atom. The van der Waals surface area contributed by atoms with E-state index in [-0.39, 0.29) is 5.56 Å². The minimum Gasteiger partial charge on any atom is -0.207 e. The topological polar surface area (TPSA) is 0 Å². The van der Waals surface area contributed by atoms with E-state index < -0.39 is 34.2 Å². The van der Waals surface area contributed by atoms with Crippen LogP contribution < -0.4 is 0 Å². The first-order valence-corrected chi connectivity index (χ1v) is 6.36. The van der Waals surface area contributed by atoms with Gasteiger partial charge in [-0.1, -0.05) is 15.9 Å². The van der Waals surface area contributed by atoms with Crippen molar-refractivity contribution in [1.29, 1.82) is 0 Å². The summed E-state index contributed by atoms with van der Waals surface area (Å²) in [7, 11) is 0. The van der Waals surface area contributed by atoms with Crippen molar-refractivity contribution in [3.8, 4) is 0 Å². The van der Waals surface area contributed by atoms with Crippen LogP contribution in [0.2, 0.25) is 0 Å².